The van der Waals surface area contributed by atoms with Crippen LogP contribution in [0.1, 0.15) is 16.6 Å². The van der Waals surface area contributed by atoms with Gasteiger partial charge in [-0.25, -0.2) is 4.79 Å². The molecule has 1 aromatic rings. The molecule has 0 spiro atoms. The molecule has 2 N–H and O–H groups in total. The Morgan fingerprint density at radius 3 is 2.62 bits per heavy atom. The van der Waals surface area contributed by atoms with E-state index in [1.807, 2.05) is 0 Å². The van der Waals surface area contributed by atoms with Gasteiger partial charge in [-0.1, -0.05) is 6.07 Å². The van der Waals surface area contributed by atoms with E-state index in [4.69, 9.17) is 9.84 Å². The third-order valence-electron chi connectivity index (χ3n) is 2.78. The smallest absolute Gasteiger partial charge is 0.331 e. The zero-order chi connectivity index (χ0) is 16.0. The third kappa shape index (κ3) is 4.54. The van der Waals surface area contributed by atoms with Gasteiger partial charge in [-0.05, 0) is 18.4 Å². The lowest BCUT2D eigenvalue weighted by atomic mass is 10.0. The number of nitrogens with zero attached hydrogens (tertiary/aromatic N) is 1. The molecule has 0 radical (unpaired) electrons. The monoisotopic (exact) mass is 314 g/mol. The van der Waals surface area contributed by atoms with Crippen LogP contribution in [-0.2, 0) is 14.3 Å². The van der Waals surface area contributed by atoms with Crippen molar-refractivity contribution in [2.24, 2.45) is 0 Å². The molecule has 0 aliphatic carbocycles. The van der Waals surface area contributed by atoms with Crippen LogP contribution in [0.5, 0.6) is 0 Å². The first kappa shape index (κ1) is 17.1. The summed E-state index contributed by atoms with van der Waals surface area (Å²) in [5.41, 5.74) is -1.53. The number of aliphatic carboxylic acids is 1. The number of rotatable bonds is 7. The van der Waals surface area contributed by atoms with Crippen LogP contribution >= 0.6 is 11.3 Å². The van der Waals surface area contributed by atoms with Gasteiger partial charge in [-0.3, -0.25) is 9.59 Å². The number of thiophene rings is 1. The molecule has 1 atom stereocenters. The van der Waals surface area contributed by atoms with Crippen LogP contribution in [0.4, 0.5) is 0 Å². The fraction of sp³-hybridized carbons (Fsp3) is 0.462. The first-order valence-electron chi connectivity index (χ1n) is 6.12. The summed E-state index contributed by atoms with van der Waals surface area (Å²) in [6, 6.07) is 3.40. The predicted molar refractivity (Wildman–Crippen MR) is 77.3 cm³/mol. The fourth-order valence-electron chi connectivity index (χ4n) is 1.66. The van der Waals surface area contributed by atoms with E-state index in [-0.39, 0.29) is 19.1 Å². The van der Waals surface area contributed by atoms with Gasteiger partial charge in [0.15, 0.2) is 5.54 Å². The van der Waals surface area contributed by atoms with Gasteiger partial charge in [0.25, 0.3) is 5.91 Å². The molecule has 7 nitrogen and oxygen atoms in total. The van der Waals surface area contributed by atoms with Crippen molar-refractivity contribution in [2.75, 3.05) is 27.3 Å². The molecule has 21 heavy (non-hydrogen) atoms. The fourth-order valence-corrected chi connectivity index (χ4v) is 2.38. The minimum atomic E-state index is -1.53. The maximum Gasteiger partial charge on any atom is 0.331 e. The summed E-state index contributed by atoms with van der Waals surface area (Å²) in [5.74, 6) is -2.06. The van der Waals surface area contributed by atoms with Crippen LogP contribution in [0.15, 0.2) is 17.5 Å². The normalized spacial score (nSPS) is 13.3. The van der Waals surface area contributed by atoms with Gasteiger partial charge >= 0.3 is 5.97 Å². The Morgan fingerprint density at radius 1 is 1.48 bits per heavy atom. The molecule has 0 aromatic carbocycles. The largest absolute Gasteiger partial charge is 0.479 e. The maximum absolute atomic E-state index is 12.0. The Kier molecular flexibility index (Phi) is 5.86. The van der Waals surface area contributed by atoms with E-state index in [1.165, 1.54) is 37.3 Å². The van der Waals surface area contributed by atoms with Crippen molar-refractivity contribution >= 4 is 29.1 Å². The first-order chi connectivity index (χ1) is 9.80. The SMILES string of the molecule is COCC(C)(NC(=O)CN(C)C(=O)c1cccs1)C(=O)O. The average Bonchev–Trinajstić information content (AvgIpc) is 2.91. The summed E-state index contributed by atoms with van der Waals surface area (Å²) in [5, 5.41) is 13.3. The summed E-state index contributed by atoms with van der Waals surface area (Å²) < 4.78 is 4.81. The summed E-state index contributed by atoms with van der Waals surface area (Å²) in [6.07, 6.45) is 0. The average molecular weight is 314 g/mol. The number of amides is 2. The molecule has 1 unspecified atom stereocenters. The number of likely N-dealkylation sites (N-methyl/N-ethyl adjacent to an activating group) is 1. The Bertz CT molecular complexity index is 517. The van der Waals surface area contributed by atoms with E-state index in [0.29, 0.717) is 4.88 Å². The predicted octanol–water partition coefficient (Wildman–Crippen LogP) is 0.426. The van der Waals surface area contributed by atoms with Crippen molar-refractivity contribution in [1.82, 2.24) is 10.2 Å². The minimum absolute atomic E-state index is 0.170. The number of carbonyl (C=O) groups excluding carboxylic acids is 2. The van der Waals surface area contributed by atoms with E-state index in [2.05, 4.69) is 5.32 Å². The summed E-state index contributed by atoms with van der Waals surface area (Å²) in [7, 11) is 2.83. The van der Waals surface area contributed by atoms with E-state index in [1.54, 1.807) is 17.5 Å². The zero-order valence-corrected chi connectivity index (χ0v) is 12.9. The molecular weight excluding hydrogens is 296 g/mol. The van der Waals surface area contributed by atoms with Crippen molar-refractivity contribution in [3.05, 3.63) is 22.4 Å². The highest BCUT2D eigenvalue weighted by Crippen LogP contribution is 2.11. The molecule has 0 saturated heterocycles. The molecule has 1 aromatic heterocycles. The highest BCUT2D eigenvalue weighted by atomic mass is 32.1. The van der Waals surface area contributed by atoms with Crippen molar-refractivity contribution < 1.29 is 24.2 Å². The second-order valence-electron chi connectivity index (χ2n) is 4.76. The summed E-state index contributed by atoms with van der Waals surface area (Å²) in [6.45, 7) is 0.942. The van der Waals surface area contributed by atoms with Crippen LogP contribution in [0, 0.1) is 0 Å². The number of carboxylic acid groups (broad SMARTS) is 1. The van der Waals surface area contributed by atoms with E-state index >= 15 is 0 Å². The van der Waals surface area contributed by atoms with Crippen molar-refractivity contribution in [3.63, 3.8) is 0 Å². The van der Waals surface area contributed by atoms with Crippen LogP contribution in [0.2, 0.25) is 0 Å². The summed E-state index contributed by atoms with van der Waals surface area (Å²) >= 11 is 1.28. The molecule has 0 aliphatic heterocycles. The lowest BCUT2D eigenvalue weighted by molar-refractivity contribution is -0.149. The van der Waals surface area contributed by atoms with Crippen molar-refractivity contribution in [1.29, 1.82) is 0 Å². The molecule has 0 saturated carbocycles. The number of ether oxygens (including phenoxy) is 1. The molecule has 0 bridgehead atoms. The molecule has 0 aliphatic rings. The Balaban J connectivity index is 2.64. The zero-order valence-electron chi connectivity index (χ0n) is 12.1. The Labute approximate surface area is 126 Å². The number of methoxy groups -OCH3 is 1. The van der Waals surface area contributed by atoms with Crippen LogP contribution < -0.4 is 5.32 Å². The molecule has 1 heterocycles. The number of hydrogen-bond donors (Lipinski definition) is 2. The number of carbonyl (C=O) groups is 3. The molecule has 116 valence electrons. The third-order valence-corrected chi connectivity index (χ3v) is 3.64. The molecule has 2 amide bonds. The molecule has 1 rings (SSSR count). The highest BCUT2D eigenvalue weighted by Gasteiger charge is 2.35. The number of hydrogen-bond acceptors (Lipinski definition) is 5. The number of nitrogens with one attached hydrogen (secondary N) is 1. The molecule has 0 fully saturated rings. The van der Waals surface area contributed by atoms with Crippen LogP contribution in [-0.4, -0.2) is 60.6 Å². The number of carboxylic acids is 1. The topological polar surface area (TPSA) is 95.9 Å². The maximum atomic E-state index is 12.0. The van der Waals surface area contributed by atoms with E-state index < -0.39 is 17.4 Å². The molecule has 8 heteroatoms. The molecular formula is C13H18N2O5S. The quantitative estimate of drug-likeness (QED) is 0.761. The lowest BCUT2D eigenvalue weighted by Gasteiger charge is -2.26. The van der Waals surface area contributed by atoms with Gasteiger partial charge in [-0.15, -0.1) is 11.3 Å². The van der Waals surface area contributed by atoms with Gasteiger partial charge in [0, 0.05) is 14.2 Å². The van der Waals surface area contributed by atoms with Crippen molar-refractivity contribution in [3.8, 4) is 0 Å². The van der Waals surface area contributed by atoms with E-state index in [9.17, 15) is 14.4 Å². The van der Waals surface area contributed by atoms with E-state index in [0.717, 1.165) is 0 Å². The van der Waals surface area contributed by atoms with Crippen LogP contribution in [0.3, 0.4) is 0 Å². The van der Waals surface area contributed by atoms with Gasteiger partial charge in [0.1, 0.15) is 0 Å². The summed E-state index contributed by atoms with van der Waals surface area (Å²) in [4.78, 5) is 36.8. The van der Waals surface area contributed by atoms with Gasteiger partial charge in [0.05, 0.1) is 18.0 Å². The second-order valence-corrected chi connectivity index (χ2v) is 5.70. The Hall–Kier alpha value is -1.93. The van der Waals surface area contributed by atoms with Crippen LogP contribution in [0.25, 0.3) is 0 Å². The minimum Gasteiger partial charge on any atom is -0.479 e. The second kappa shape index (κ2) is 7.19. The first-order valence-corrected chi connectivity index (χ1v) is 7.00. The standard InChI is InChI=1S/C13H18N2O5S/c1-13(8-20-3,12(18)19)14-10(16)7-15(2)11(17)9-5-4-6-21-9/h4-6H,7-8H2,1-3H3,(H,14,16)(H,18,19). The van der Waals surface area contributed by atoms with Gasteiger partial charge < -0.3 is 20.1 Å². The van der Waals surface area contributed by atoms with Gasteiger partial charge in [-0.2, -0.15) is 0 Å². The van der Waals surface area contributed by atoms with Crippen molar-refractivity contribution in [2.45, 2.75) is 12.5 Å². The highest BCUT2D eigenvalue weighted by molar-refractivity contribution is 7.12. The lowest BCUT2D eigenvalue weighted by Crippen LogP contribution is -2.57. The Morgan fingerprint density at radius 2 is 2.14 bits per heavy atom. The van der Waals surface area contributed by atoms with Gasteiger partial charge in [0.2, 0.25) is 5.91 Å².